The number of halogens is 1. The molecule has 1 aliphatic rings. The number of nitrogens with zero attached hydrogens (tertiary/aromatic N) is 1. The van der Waals surface area contributed by atoms with Gasteiger partial charge in [-0.2, -0.15) is 5.10 Å². The van der Waals surface area contributed by atoms with E-state index in [1.165, 1.54) is 7.11 Å². The zero-order valence-corrected chi connectivity index (χ0v) is 23.7. The average molecular weight is 638 g/mol. The molecule has 2 atom stereocenters. The standard InChI is InChI=1S/C26H31IN4O7/c1-5-36-19-9-7-16(11-18(19)27)13-28-31-22(32)14-38-20-10-8-17(12-21(20)37-6-2)24-23(25(33)35-4)15(3)29-26(34)30-24/h7-13,22,24,31-32H,5-6,14H2,1-4H3,(H2,29,30,34)/b28-13-/t22-,24-/m1/s1. The molecule has 2 aromatic carbocycles. The lowest BCUT2D eigenvalue weighted by atomic mass is 9.95. The molecule has 2 aromatic rings. The molecule has 0 unspecified atom stereocenters. The predicted molar refractivity (Wildman–Crippen MR) is 149 cm³/mol. The first kappa shape index (κ1) is 29.0. The smallest absolute Gasteiger partial charge is 0.337 e. The van der Waals surface area contributed by atoms with Crippen LogP contribution in [-0.2, 0) is 9.53 Å². The Hall–Kier alpha value is -3.52. The Morgan fingerprint density at radius 3 is 2.53 bits per heavy atom. The van der Waals surface area contributed by atoms with Crippen LogP contribution in [0.3, 0.4) is 0 Å². The Morgan fingerprint density at radius 1 is 1.13 bits per heavy atom. The number of amides is 2. The van der Waals surface area contributed by atoms with Gasteiger partial charge in [0.05, 0.1) is 41.7 Å². The van der Waals surface area contributed by atoms with Crippen LogP contribution in [0.5, 0.6) is 17.2 Å². The van der Waals surface area contributed by atoms with Gasteiger partial charge >= 0.3 is 12.0 Å². The summed E-state index contributed by atoms with van der Waals surface area (Å²) in [4.78, 5) is 24.5. The highest BCUT2D eigenvalue weighted by Crippen LogP contribution is 2.35. The van der Waals surface area contributed by atoms with E-state index in [0.717, 1.165) is 14.9 Å². The zero-order chi connectivity index (χ0) is 27.7. The van der Waals surface area contributed by atoms with Gasteiger partial charge in [-0.05, 0) is 84.8 Å². The van der Waals surface area contributed by atoms with Crippen LogP contribution in [0.15, 0.2) is 52.8 Å². The van der Waals surface area contributed by atoms with E-state index in [1.807, 2.05) is 32.0 Å². The molecule has 12 heteroatoms. The summed E-state index contributed by atoms with van der Waals surface area (Å²) in [6.45, 7) is 6.20. The molecular weight excluding hydrogens is 607 g/mol. The number of carbonyl (C=O) groups is 2. The van der Waals surface area contributed by atoms with Crippen LogP contribution in [0, 0.1) is 3.57 Å². The molecule has 0 saturated carbocycles. The Balaban J connectivity index is 1.67. The van der Waals surface area contributed by atoms with Crippen LogP contribution < -0.4 is 30.3 Å². The van der Waals surface area contributed by atoms with E-state index in [0.29, 0.717) is 36.0 Å². The molecule has 0 spiro atoms. The number of hydrogen-bond acceptors (Lipinski definition) is 9. The molecule has 11 nitrogen and oxygen atoms in total. The normalized spacial score (nSPS) is 15.9. The molecule has 204 valence electrons. The lowest BCUT2D eigenvalue weighted by molar-refractivity contribution is -0.136. The quantitative estimate of drug-likeness (QED) is 0.0915. The average Bonchev–Trinajstić information content (AvgIpc) is 2.89. The third-order valence-electron chi connectivity index (χ3n) is 5.37. The molecule has 4 N–H and O–H groups in total. The minimum Gasteiger partial charge on any atom is -0.493 e. The van der Waals surface area contributed by atoms with E-state index in [-0.39, 0.29) is 12.2 Å². The Kier molecular flexibility index (Phi) is 10.6. The molecule has 38 heavy (non-hydrogen) atoms. The Labute approximate surface area is 234 Å². The summed E-state index contributed by atoms with van der Waals surface area (Å²) in [5.41, 5.74) is 4.75. The van der Waals surface area contributed by atoms with Crippen LogP contribution in [-0.4, -0.2) is 56.5 Å². The summed E-state index contributed by atoms with van der Waals surface area (Å²) in [5.74, 6) is 1.01. The van der Waals surface area contributed by atoms with Gasteiger partial charge in [0.2, 0.25) is 0 Å². The molecule has 0 radical (unpaired) electrons. The molecule has 0 fully saturated rings. The Bertz CT molecular complexity index is 1220. The lowest BCUT2D eigenvalue weighted by Crippen LogP contribution is -2.45. The second-order valence-electron chi connectivity index (χ2n) is 8.04. The molecule has 3 rings (SSSR count). The van der Waals surface area contributed by atoms with Crippen LogP contribution in [0.4, 0.5) is 4.79 Å². The number of urea groups is 1. The van der Waals surface area contributed by atoms with Crippen molar-refractivity contribution in [2.24, 2.45) is 5.10 Å². The predicted octanol–water partition coefficient (Wildman–Crippen LogP) is 3.21. The summed E-state index contributed by atoms with van der Waals surface area (Å²) in [6.07, 6.45) is 0.492. The minimum atomic E-state index is -1.10. The molecular formula is C26H31IN4O7. The molecule has 2 amide bonds. The van der Waals surface area contributed by atoms with Crippen LogP contribution >= 0.6 is 22.6 Å². The summed E-state index contributed by atoms with van der Waals surface area (Å²) >= 11 is 2.19. The largest absolute Gasteiger partial charge is 0.493 e. The molecule has 0 bridgehead atoms. The van der Waals surface area contributed by atoms with Gasteiger partial charge in [-0.3, -0.25) is 5.43 Å². The summed E-state index contributed by atoms with van der Waals surface area (Å²) < 4.78 is 22.9. The van der Waals surface area contributed by atoms with Crippen molar-refractivity contribution < 1.29 is 33.6 Å². The van der Waals surface area contributed by atoms with Crippen molar-refractivity contribution in [3.63, 3.8) is 0 Å². The first-order valence-electron chi connectivity index (χ1n) is 11.9. The van der Waals surface area contributed by atoms with Crippen LogP contribution in [0.25, 0.3) is 0 Å². The van der Waals surface area contributed by atoms with Gasteiger partial charge in [-0.25, -0.2) is 9.59 Å². The number of methoxy groups -OCH3 is 1. The fourth-order valence-electron chi connectivity index (χ4n) is 3.69. The lowest BCUT2D eigenvalue weighted by Gasteiger charge is -2.28. The number of hydrazone groups is 1. The zero-order valence-electron chi connectivity index (χ0n) is 21.5. The summed E-state index contributed by atoms with van der Waals surface area (Å²) in [5, 5.41) is 19.7. The van der Waals surface area contributed by atoms with Gasteiger partial charge < -0.3 is 34.7 Å². The molecule has 0 aromatic heterocycles. The van der Waals surface area contributed by atoms with E-state index in [2.05, 4.69) is 43.8 Å². The van der Waals surface area contributed by atoms with Crippen molar-refractivity contribution in [2.75, 3.05) is 26.9 Å². The van der Waals surface area contributed by atoms with E-state index >= 15 is 0 Å². The SMILES string of the molecule is CCOc1ccc(/C=N\N[C@H](O)COc2ccc([C@H]3NC(=O)NC(C)=C3C(=O)OC)cc2OCC)cc1I. The van der Waals surface area contributed by atoms with E-state index in [9.17, 15) is 14.7 Å². The van der Waals surface area contributed by atoms with Crippen molar-refractivity contribution in [1.82, 2.24) is 16.1 Å². The fraction of sp³-hybridized carbons (Fsp3) is 0.346. The molecule has 1 heterocycles. The maximum Gasteiger partial charge on any atom is 0.337 e. The van der Waals surface area contributed by atoms with Gasteiger partial charge in [0.25, 0.3) is 0 Å². The number of nitrogens with one attached hydrogen (secondary N) is 3. The third-order valence-corrected chi connectivity index (χ3v) is 6.21. The van der Waals surface area contributed by atoms with Crippen molar-refractivity contribution in [3.05, 3.63) is 62.4 Å². The van der Waals surface area contributed by atoms with Gasteiger partial charge in [0.1, 0.15) is 12.4 Å². The number of esters is 1. The highest BCUT2D eigenvalue weighted by molar-refractivity contribution is 14.1. The molecule has 1 aliphatic heterocycles. The van der Waals surface area contributed by atoms with Gasteiger partial charge in [-0.1, -0.05) is 6.07 Å². The van der Waals surface area contributed by atoms with Crippen LogP contribution in [0.1, 0.15) is 37.9 Å². The highest BCUT2D eigenvalue weighted by atomic mass is 127. The number of hydrogen-bond donors (Lipinski definition) is 4. The molecule has 0 aliphatic carbocycles. The number of rotatable bonds is 12. The number of carbonyl (C=O) groups excluding carboxylic acids is 2. The minimum absolute atomic E-state index is 0.117. The van der Waals surface area contributed by atoms with Gasteiger partial charge in [-0.15, -0.1) is 0 Å². The van der Waals surface area contributed by atoms with E-state index in [1.54, 1.807) is 31.3 Å². The topological polar surface area (TPSA) is 140 Å². The summed E-state index contributed by atoms with van der Waals surface area (Å²) in [7, 11) is 1.28. The Morgan fingerprint density at radius 2 is 1.84 bits per heavy atom. The number of allylic oxidation sites excluding steroid dienone is 1. The third kappa shape index (κ3) is 7.51. The second kappa shape index (κ2) is 13.9. The monoisotopic (exact) mass is 638 g/mol. The number of ether oxygens (including phenoxy) is 4. The van der Waals surface area contributed by atoms with Crippen LogP contribution in [0.2, 0.25) is 0 Å². The van der Waals surface area contributed by atoms with E-state index < -0.39 is 24.3 Å². The first-order valence-corrected chi connectivity index (χ1v) is 13.0. The number of benzene rings is 2. The molecule has 0 saturated heterocycles. The van der Waals surface area contributed by atoms with Crippen molar-refractivity contribution >= 4 is 40.8 Å². The fourth-order valence-corrected chi connectivity index (χ4v) is 4.38. The summed E-state index contributed by atoms with van der Waals surface area (Å²) in [6, 6.07) is 9.51. The van der Waals surface area contributed by atoms with Gasteiger partial charge in [0, 0.05) is 5.70 Å². The maximum absolute atomic E-state index is 12.4. The highest BCUT2D eigenvalue weighted by Gasteiger charge is 2.32. The maximum atomic E-state index is 12.4. The number of aliphatic hydroxyl groups excluding tert-OH is 1. The van der Waals surface area contributed by atoms with E-state index in [4.69, 9.17) is 18.9 Å². The number of aliphatic hydroxyl groups is 1. The van der Waals surface area contributed by atoms with Crippen molar-refractivity contribution in [3.8, 4) is 17.2 Å². The van der Waals surface area contributed by atoms with Crippen molar-refractivity contribution in [1.29, 1.82) is 0 Å². The van der Waals surface area contributed by atoms with Gasteiger partial charge in [0.15, 0.2) is 17.7 Å². The van der Waals surface area contributed by atoms with Crippen molar-refractivity contribution in [2.45, 2.75) is 33.0 Å². The first-order chi connectivity index (χ1) is 18.3. The second-order valence-corrected chi connectivity index (χ2v) is 9.20.